The molecule has 4 nitrogen and oxygen atoms in total. The minimum absolute atomic E-state index is 0.617. The molecule has 5 heteroatoms. The fourth-order valence-corrected chi connectivity index (χ4v) is 7.31. The van der Waals surface area contributed by atoms with E-state index >= 15 is 0 Å². The summed E-state index contributed by atoms with van der Waals surface area (Å²) in [4.78, 5) is 17.5. The number of aromatic nitrogens is 3. The van der Waals surface area contributed by atoms with Gasteiger partial charge in [0.2, 0.25) is 5.95 Å². The summed E-state index contributed by atoms with van der Waals surface area (Å²) in [6.45, 7) is 0. The van der Waals surface area contributed by atoms with Gasteiger partial charge in [-0.15, -0.1) is 11.3 Å². The number of nitrogens with zero attached hydrogens (tertiary/aromatic N) is 4. The molecule has 1 aliphatic rings. The average Bonchev–Trinajstić information content (AvgIpc) is 3.40. The van der Waals surface area contributed by atoms with Gasteiger partial charge in [0.05, 0.1) is 16.9 Å². The van der Waals surface area contributed by atoms with Crippen LogP contribution in [0.15, 0.2) is 121 Å². The summed E-state index contributed by atoms with van der Waals surface area (Å²) in [6, 6.07) is 40.3. The molecule has 0 bridgehead atoms. The second kappa shape index (κ2) is 8.18. The van der Waals surface area contributed by atoms with E-state index in [1.807, 2.05) is 35.7 Å². The van der Waals surface area contributed by atoms with Crippen LogP contribution in [0.1, 0.15) is 0 Å². The SMILES string of the molecule is c1ccc(-c2nc(N3c4ccccc4-c4cc5sc6ccccc6c5c5ccnc3c45)nc3ccccc23)cc1. The molecule has 0 saturated carbocycles. The number of anilines is 3. The van der Waals surface area contributed by atoms with Crippen LogP contribution in [0.2, 0.25) is 0 Å². The normalized spacial score (nSPS) is 12.4. The third-order valence-electron chi connectivity index (χ3n) is 7.85. The Morgan fingerprint density at radius 3 is 2.27 bits per heavy atom. The molecule has 0 amide bonds. The van der Waals surface area contributed by atoms with Crippen molar-refractivity contribution in [2.75, 3.05) is 4.90 Å². The standard InChI is InChI=1S/C35H20N4S/c1-2-10-21(11-3-1)33-23-13-4-7-15-27(23)37-35(38-33)39-28-16-8-5-12-22(28)26-20-30-31(24-14-6-9-17-29(24)40-30)25-18-19-36-34(39)32(25)26/h1-20H. The Morgan fingerprint density at radius 1 is 0.575 bits per heavy atom. The fraction of sp³-hybridized carbons (Fsp3) is 0. The maximum Gasteiger partial charge on any atom is 0.237 e. The van der Waals surface area contributed by atoms with Crippen molar-refractivity contribution in [1.29, 1.82) is 0 Å². The van der Waals surface area contributed by atoms with Gasteiger partial charge in [0.1, 0.15) is 5.82 Å². The Morgan fingerprint density at radius 2 is 1.35 bits per heavy atom. The molecule has 8 aromatic rings. The van der Waals surface area contributed by atoms with Crippen molar-refractivity contribution in [2.45, 2.75) is 0 Å². The van der Waals surface area contributed by atoms with Gasteiger partial charge in [-0.3, -0.25) is 4.90 Å². The largest absolute Gasteiger partial charge is 0.262 e. The van der Waals surface area contributed by atoms with Crippen molar-refractivity contribution in [3.8, 4) is 22.4 Å². The highest BCUT2D eigenvalue weighted by Gasteiger charge is 2.30. The molecule has 9 rings (SSSR count). The van der Waals surface area contributed by atoms with E-state index in [-0.39, 0.29) is 0 Å². The summed E-state index contributed by atoms with van der Waals surface area (Å²) < 4.78 is 2.58. The number of hydrogen-bond acceptors (Lipinski definition) is 5. The molecule has 40 heavy (non-hydrogen) atoms. The molecule has 0 spiro atoms. The predicted octanol–water partition coefficient (Wildman–Crippen LogP) is 9.66. The molecular weight excluding hydrogens is 508 g/mol. The van der Waals surface area contributed by atoms with E-state index in [1.54, 1.807) is 0 Å². The highest BCUT2D eigenvalue weighted by molar-refractivity contribution is 7.26. The molecule has 0 atom stereocenters. The molecule has 0 unspecified atom stereocenters. The molecule has 0 fully saturated rings. The van der Waals surface area contributed by atoms with E-state index in [2.05, 4.69) is 102 Å². The van der Waals surface area contributed by atoms with Gasteiger partial charge in [-0.2, -0.15) is 0 Å². The monoisotopic (exact) mass is 528 g/mol. The second-order valence-corrected chi connectivity index (χ2v) is 11.1. The van der Waals surface area contributed by atoms with Gasteiger partial charge in [0.25, 0.3) is 0 Å². The van der Waals surface area contributed by atoms with Gasteiger partial charge in [-0.25, -0.2) is 15.0 Å². The number of thiophene rings is 1. The number of rotatable bonds is 2. The first-order valence-corrected chi connectivity index (χ1v) is 14.1. The average molecular weight is 529 g/mol. The molecule has 186 valence electrons. The predicted molar refractivity (Wildman–Crippen MR) is 167 cm³/mol. The first-order chi connectivity index (χ1) is 19.8. The zero-order chi connectivity index (χ0) is 26.2. The van der Waals surface area contributed by atoms with E-state index in [4.69, 9.17) is 15.0 Å². The van der Waals surface area contributed by atoms with Crippen LogP contribution in [0.4, 0.5) is 17.5 Å². The minimum Gasteiger partial charge on any atom is -0.262 e. The lowest BCUT2D eigenvalue weighted by molar-refractivity contribution is 1.08. The Kier molecular flexibility index (Phi) is 4.45. The van der Waals surface area contributed by atoms with Crippen LogP contribution < -0.4 is 4.90 Å². The van der Waals surface area contributed by atoms with E-state index in [1.165, 1.54) is 31.1 Å². The zero-order valence-electron chi connectivity index (χ0n) is 21.2. The summed E-state index contributed by atoms with van der Waals surface area (Å²) in [5, 5.41) is 5.94. The van der Waals surface area contributed by atoms with Crippen molar-refractivity contribution in [3.63, 3.8) is 0 Å². The van der Waals surface area contributed by atoms with Gasteiger partial charge in [0, 0.05) is 48.3 Å². The molecule has 0 aliphatic carbocycles. The van der Waals surface area contributed by atoms with E-state index in [9.17, 15) is 0 Å². The molecule has 0 N–H and O–H groups in total. The van der Waals surface area contributed by atoms with Gasteiger partial charge in [-0.1, -0.05) is 84.9 Å². The molecule has 3 aromatic heterocycles. The fourth-order valence-electron chi connectivity index (χ4n) is 6.15. The topological polar surface area (TPSA) is 41.9 Å². The lowest BCUT2D eigenvalue weighted by atomic mass is 9.91. The van der Waals surface area contributed by atoms with Crippen LogP contribution in [0, 0.1) is 0 Å². The Bertz CT molecular complexity index is 2290. The lowest BCUT2D eigenvalue weighted by Crippen LogP contribution is -2.19. The number of hydrogen-bond donors (Lipinski definition) is 0. The quantitative estimate of drug-likeness (QED) is 0.224. The van der Waals surface area contributed by atoms with Crippen LogP contribution >= 0.6 is 11.3 Å². The van der Waals surface area contributed by atoms with Crippen molar-refractivity contribution in [3.05, 3.63) is 121 Å². The second-order valence-electron chi connectivity index (χ2n) is 10.1. The number of fused-ring (bicyclic) bond motifs is 7. The molecule has 4 heterocycles. The number of para-hydroxylation sites is 2. The first-order valence-electron chi connectivity index (χ1n) is 13.3. The highest BCUT2D eigenvalue weighted by atomic mass is 32.1. The maximum atomic E-state index is 5.23. The summed E-state index contributed by atoms with van der Waals surface area (Å²) in [7, 11) is 0. The summed E-state index contributed by atoms with van der Waals surface area (Å²) in [5.74, 6) is 1.48. The van der Waals surface area contributed by atoms with Crippen molar-refractivity contribution >= 4 is 70.6 Å². The van der Waals surface area contributed by atoms with E-state index in [0.29, 0.717) is 5.95 Å². The van der Waals surface area contributed by atoms with Gasteiger partial charge in [-0.05, 0) is 41.3 Å². The Labute approximate surface area is 233 Å². The van der Waals surface area contributed by atoms with Crippen LogP contribution in [0.3, 0.4) is 0 Å². The third-order valence-corrected chi connectivity index (χ3v) is 8.97. The summed E-state index contributed by atoms with van der Waals surface area (Å²) in [6.07, 6.45) is 1.92. The Balaban J connectivity index is 1.41. The van der Waals surface area contributed by atoms with Crippen LogP contribution in [-0.2, 0) is 0 Å². The number of benzene rings is 5. The summed E-state index contributed by atoms with van der Waals surface area (Å²) in [5.41, 5.74) is 6.27. The van der Waals surface area contributed by atoms with E-state index in [0.717, 1.165) is 44.6 Å². The van der Waals surface area contributed by atoms with Crippen LogP contribution in [0.5, 0.6) is 0 Å². The first kappa shape index (κ1) is 21.8. The molecule has 0 saturated heterocycles. The molecular formula is C35H20N4S. The molecule has 0 radical (unpaired) electrons. The third kappa shape index (κ3) is 2.98. The Hall–Kier alpha value is -5.13. The number of pyridine rings is 1. The molecule has 5 aromatic carbocycles. The smallest absolute Gasteiger partial charge is 0.237 e. The van der Waals surface area contributed by atoms with Crippen molar-refractivity contribution < 1.29 is 0 Å². The van der Waals surface area contributed by atoms with Crippen LogP contribution in [0.25, 0.3) is 64.2 Å². The maximum absolute atomic E-state index is 5.23. The van der Waals surface area contributed by atoms with Crippen LogP contribution in [-0.4, -0.2) is 15.0 Å². The zero-order valence-corrected chi connectivity index (χ0v) is 22.1. The van der Waals surface area contributed by atoms with E-state index < -0.39 is 0 Å². The summed E-state index contributed by atoms with van der Waals surface area (Å²) >= 11 is 1.85. The minimum atomic E-state index is 0.617. The lowest BCUT2D eigenvalue weighted by Gasteiger charge is -2.31. The van der Waals surface area contributed by atoms with Gasteiger partial charge >= 0.3 is 0 Å². The highest BCUT2D eigenvalue weighted by Crippen LogP contribution is 2.52. The van der Waals surface area contributed by atoms with Crippen molar-refractivity contribution in [2.24, 2.45) is 0 Å². The van der Waals surface area contributed by atoms with Crippen molar-refractivity contribution in [1.82, 2.24) is 15.0 Å². The molecule has 1 aliphatic heterocycles. The van der Waals surface area contributed by atoms with Gasteiger partial charge < -0.3 is 0 Å². The van der Waals surface area contributed by atoms with Gasteiger partial charge in [0.15, 0.2) is 0 Å².